The minimum absolute atomic E-state index is 0.842. The highest BCUT2D eigenvalue weighted by Crippen LogP contribution is 2.03. The first-order chi connectivity index (χ1) is 6.76. The second-order valence-electron chi connectivity index (χ2n) is 3.89. The lowest BCUT2D eigenvalue weighted by atomic mass is 10.2. The van der Waals surface area contributed by atoms with Crippen molar-refractivity contribution < 1.29 is 0 Å². The fraction of sp³-hybridized carbons (Fsp3) is 0.917. The Morgan fingerprint density at radius 3 is 1.79 bits per heavy atom. The van der Waals surface area contributed by atoms with Crippen molar-refractivity contribution in [2.75, 3.05) is 13.1 Å². The van der Waals surface area contributed by atoms with Crippen molar-refractivity contribution in [3.8, 4) is 0 Å². The van der Waals surface area contributed by atoms with Gasteiger partial charge in [-0.05, 0) is 19.3 Å². The summed E-state index contributed by atoms with van der Waals surface area (Å²) in [6.45, 7) is 8.72. The summed E-state index contributed by atoms with van der Waals surface area (Å²) in [4.78, 5) is 2.26. The van der Waals surface area contributed by atoms with E-state index in [2.05, 4.69) is 25.7 Å². The smallest absolute Gasteiger partial charge is 0.0957 e. The third-order valence-electron chi connectivity index (χ3n) is 2.43. The Balaban J connectivity index is 3.88. The number of unbranched alkanes of at least 4 members (excludes halogenated alkanes) is 2. The van der Waals surface area contributed by atoms with Crippen molar-refractivity contribution in [2.45, 2.75) is 59.3 Å². The summed E-state index contributed by atoms with van der Waals surface area (Å²) in [6.07, 6.45) is 6.91. The highest BCUT2D eigenvalue weighted by atomic mass is 15.2. The molecular formula is C12H26N2. The molecule has 2 heteroatoms. The van der Waals surface area contributed by atoms with Gasteiger partial charge in [0.15, 0.2) is 0 Å². The lowest BCUT2D eigenvalue weighted by Gasteiger charge is -2.24. The largest absolute Gasteiger partial charge is 0.361 e. The highest BCUT2D eigenvalue weighted by molar-refractivity contribution is 5.78. The zero-order chi connectivity index (χ0) is 10.8. The number of hydrogen-bond donors (Lipinski definition) is 1. The van der Waals surface area contributed by atoms with E-state index in [1.807, 2.05) is 0 Å². The van der Waals surface area contributed by atoms with Gasteiger partial charge >= 0.3 is 0 Å². The van der Waals surface area contributed by atoms with Crippen LogP contribution in [0.15, 0.2) is 0 Å². The van der Waals surface area contributed by atoms with E-state index >= 15 is 0 Å². The van der Waals surface area contributed by atoms with Gasteiger partial charge in [-0.1, -0.05) is 33.6 Å². The van der Waals surface area contributed by atoms with E-state index in [1.165, 1.54) is 25.7 Å². The summed E-state index contributed by atoms with van der Waals surface area (Å²) in [6, 6.07) is 0. The highest BCUT2D eigenvalue weighted by Gasteiger charge is 2.06. The lowest BCUT2D eigenvalue weighted by molar-refractivity contribution is 0.388. The van der Waals surface area contributed by atoms with E-state index in [0.29, 0.717) is 0 Å². The SMILES string of the molecule is CCCCN(CCCC)C(=N)CCC. The van der Waals surface area contributed by atoms with Crippen molar-refractivity contribution in [3.05, 3.63) is 0 Å². The fourth-order valence-corrected chi connectivity index (χ4v) is 1.47. The van der Waals surface area contributed by atoms with Crippen LogP contribution in [0.1, 0.15) is 59.3 Å². The van der Waals surface area contributed by atoms with Crippen LogP contribution < -0.4 is 0 Å². The number of amidine groups is 1. The van der Waals surface area contributed by atoms with Crippen LogP contribution in [0.2, 0.25) is 0 Å². The topological polar surface area (TPSA) is 27.1 Å². The molecule has 14 heavy (non-hydrogen) atoms. The minimum atomic E-state index is 0.842. The molecule has 0 amide bonds. The first-order valence-corrected chi connectivity index (χ1v) is 6.08. The van der Waals surface area contributed by atoms with E-state index in [1.54, 1.807) is 0 Å². The Labute approximate surface area is 89.2 Å². The molecule has 0 aromatic carbocycles. The predicted molar refractivity (Wildman–Crippen MR) is 64.0 cm³/mol. The molecule has 0 rings (SSSR count). The van der Waals surface area contributed by atoms with Crippen molar-refractivity contribution >= 4 is 5.84 Å². The van der Waals surface area contributed by atoms with Crippen molar-refractivity contribution in [2.24, 2.45) is 0 Å². The van der Waals surface area contributed by atoms with Gasteiger partial charge in [0.2, 0.25) is 0 Å². The van der Waals surface area contributed by atoms with Gasteiger partial charge in [-0.3, -0.25) is 5.41 Å². The first kappa shape index (κ1) is 13.5. The molecule has 0 unspecified atom stereocenters. The molecule has 2 nitrogen and oxygen atoms in total. The summed E-state index contributed by atoms with van der Waals surface area (Å²) in [7, 11) is 0. The Kier molecular flexibility index (Phi) is 8.70. The second kappa shape index (κ2) is 9.04. The van der Waals surface area contributed by atoms with Crippen LogP contribution >= 0.6 is 0 Å². The molecule has 0 atom stereocenters. The van der Waals surface area contributed by atoms with Crippen LogP contribution in [-0.2, 0) is 0 Å². The third-order valence-corrected chi connectivity index (χ3v) is 2.43. The lowest BCUT2D eigenvalue weighted by Crippen LogP contribution is -2.32. The Morgan fingerprint density at radius 2 is 1.43 bits per heavy atom. The summed E-state index contributed by atoms with van der Waals surface area (Å²) in [5, 5.41) is 7.93. The van der Waals surface area contributed by atoms with Crippen molar-refractivity contribution in [1.29, 1.82) is 5.41 Å². The molecule has 0 fully saturated rings. The summed E-state index contributed by atoms with van der Waals surface area (Å²) in [5.41, 5.74) is 0. The molecule has 0 aliphatic rings. The van der Waals surface area contributed by atoms with Crippen molar-refractivity contribution in [3.63, 3.8) is 0 Å². The van der Waals surface area contributed by atoms with Gasteiger partial charge in [0.05, 0.1) is 5.84 Å². The van der Waals surface area contributed by atoms with Crippen LogP contribution in [0.4, 0.5) is 0 Å². The Hall–Kier alpha value is -0.530. The van der Waals surface area contributed by atoms with E-state index in [-0.39, 0.29) is 0 Å². The first-order valence-electron chi connectivity index (χ1n) is 6.08. The molecule has 0 aliphatic carbocycles. The summed E-state index contributed by atoms with van der Waals surface area (Å²) in [5.74, 6) is 0.842. The zero-order valence-electron chi connectivity index (χ0n) is 10.1. The standard InChI is InChI=1S/C12H26N2/c1-4-7-10-14(11-8-5-2)12(13)9-6-3/h13H,4-11H2,1-3H3. The van der Waals surface area contributed by atoms with Crippen LogP contribution in [-0.4, -0.2) is 23.8 Å². The molecule has 0 aliphatic heterocycles. The molecule has 0 aromatic heterocycles. The molecule has 1 N–H and O–H groups in total. The zero-order valence-corrected chi connectivity index (χ0v) is 10.1. The second-order valence-corrected chi connectivity index (χ2v) is 3.89. The molecule has 0 saturated carbocycles. The monoisotopic (exact) mass is 198 g/mol. The number of nitrogens with one attached hydrogen (secondary N) is 1. The van der Waals surface area contributed by atoms with E-state index in [9.17, 15) is 0 Å². The quantitative estimate of drug-likeness (QED) is 0.467. The number of nitrogens with zero attached hydrogens (tertiary/aromatic N) is 1. The number of rotatable bonds is 8. The van der Waals surface area contributed by atoms with Crippen LogP contribution in [0.25, 0.3) is 0 Å². The van der Waals surface area contributed by atoms with Gasteiger partial charge in [0.1, 0.15) is 0 Å². The van der Waals surface area contributed by atoms with Crippen molar-refractivity contribution in [1.82, 2.24) is 4.90 Å². The fourth-order valence-electron chi connectivity index (χ4n) is 1.47. The Bertz CT molecular complexity index is 135. The maximum absolute atomic E-state index is 7.93. The molecule has 0 bridgehead atoms. The summed E-state index contributed by atoms with van der Waals surface area (Å²) < 4.78 is 0. The molecule has 84 valence electrons. The molecular weight excluding hydrogens is 172 g/mol. The third kappa shape index (κ3) is 6.01. The Morgan fingerprint density at radius 1 is 0.929 bits per heavy atom. The van der Waals surface area contributed by atoms with Gasteiger partial charge in [0, 0.05) is 19.5 Å². The molecule has 0 heterocycles. The summed E-state index contributed by atoms with van der Waals surface area (Å²) >= 11 is 0. The molecule has 0 aromatic rings. The van der Waals surface area contributed by atoms with Gasteiger partial charge < -0.3 is 4.90 Å². The van der Waals surface area contributed by atoms with Gasteiger partial charge in [-0.2, -0.15) is 0 Å². The normalized spacial score (nSPS) is 10.2. The average molecular weight is 198 g/mol. The average Bonchev–Trinajstić information content (AvgIpc) is 2.18. The molecule has 0 spiro atoms. The maximum atomic E-state index is 7.93. The van der Waals surface area contributed by atoms with E-state index in [4.69, 9.17) is 5.41 Å². The minimum Gasteiger partial charge on any atom is -0.361 e. The van der Waals surface area contributed by atoms with E-state index < -0.39 is 0 Å². The van der Waals surface area contributed by atoms with Gasteiger partial charge in [-0.25, -0.2) is 0 Å². The maximum Gasteiger partial charge on any atom is 0.0957 e. The van der Waals surface area contributed by atoms with E-state index in [0.717, 1.165) is 31.8 Å². The molecule has 0 saturated heterocycles. The van der Waals surface area contributed by atoms with Gasteiger partial charge in [0.25, 0.3) is 0 Å². The number of hydrogen-bond acceptors (Lipinski definition) is 1. The van der Waals surface area contributed by atoms with Crippen LogP contribution in [0, 0.1) is 5.41 Å². The predicted octanol–water partition coefficient (Wildman–Crippen LogP) is 3.67. The van der Waals surface area contributed by atoms with Crippen LogP contribution in [0.3, 0.4) is 0 Å². The molecule has 0 radical (unpaired) electrons. The van der Waals surface area contributed by atoms with Crippen LogP contribution in [0.5, 0.6) is 0 Å². The van der Waals surface area contributed by atoms with Gasteiger partial charge in [-0.15, -0.1) is 0 Å².